The lowest BCUT2D eigenvalue weighted by molar-refractivity contribution is -0.0434. The number of benzene rings is 2. The Balaban J connectivity index is 1.20. The van der Waals surface area contributed by atoms with E-state index in [1.165, 1.54) is 17.5 Å². The number of ether oxygens (including phenoxy) is 3. The summed E-state index contributed by atoms with van der Waals surface area (Å²) in [6, 6.07) is 7.37. The van der Waals surface area contributed by atoms with Gasteiger partial charge in [-0.2, -0.15) is 15.1 Å². The minimum atomic E-state index is -0.493. The highest BCUT2D eigenvalue weighted by atomic mass is 16.6. The van der Waals surface area contributed by atoms with Crippen molar-refractivity contribution in [2.45, 2.75) is 90.7 Å². The molecule has 1 saturated carbocycles. The summed E-state index contributed by atoms with van der Waals surface area (Å²) >= 11 is 0. The largest absolute Gasteiger partial charge is 0.491 e. The molecule has 0 bridgehead atoms. The van der Waals surface area contributed by atoms with Gasteiger partial charge < -0.3 is 28.9 Å². The molecule has 1 atom stereocenters. The molecule has 1 spiro atoms. The van der Waals surface area contributed by atoms with Gasteiger partial charge in [-0.1, -0.05) is 6.07 Å². The molecular formula is C39H51N7O4. The first-order valence-electron chi connectivity index (χ1n) is 18.5. The number of hydrogen-bond donors (Lipinski definition) is 1. The third kappa shape index (κ3) is 6.11. The molecule has 4 aromatic rings. The number of fused-ring (bicyclic) bond motifs is 2. The summed E-state index contributed by atoms with van der Waals surface area (Å²) in [7, 11) is 2.17. The van der Waals surface area contributed by atoms with Crippen molar-refractivity contribution >= 4 is 33.7 Å². The molecule has 3 saturated heterocycles. The van der Waals surface area contributed by atoms with Crippen molar-refractivity contribution in [3.63, 3.8) is 0 Å². The van der Waals surface area contributed by atoms with Crippen LogP contribution >= 0.6 is 0 Å². The van der Waals surface area contributed by atoms with E-state index in [1.54, 1.807) is 0 Å². The van der Waals surface area contributed by atoms with E-state index in [2.05, 4.69) is 52.2 Å². The van der Waals surface area contributed by atoms with Crippen LogP contribution in [0.15, 0.2) is 24.4 Å². The van der Waals surface area contributed by atoms with E-state index in [0.717, 1.165) is 109 Å². The molecule has 4 fully saturated rings. The summed E-state index contributed by atoms with van der Waals surface area (Å²) in [5, 5.41) is 9.70. The molecule has 4 aliphatic rings. The maximum atomic E-state index is 12.7. The molecule has 50 heavy (non-hydrogen) atoms. The highest BCUT2D eigenvalue weighted by molar-refractivity contribution is 6.06. The molecule has 2 aromatic heterocycles. The lowest BCUT2D eigenvalue weighted by atomic mass is 9.72. The second kappa shape index (κ2) is 12.6. The number of aromatic amines is 1. The quantitative estimate of drug-likeness (QED) is 0.209. The number of H-pyrrole nitrogens is 1. The number of aromatic nitrogens is 4. The molecule has 11 nitrogen and oxygen atoms in total. The lowest BCUT2D eigenvalue weighted by Crippen LogP contribution is -2.62. The summed E-state index contributed by atoms with van der Waals surface area (Å²) < 4.78 is 18.8. The number of nitrogens with zero attached hydrogens (tertiary/aromatic N) is 6. The van der Waals surface area contributed by atoms with Gasteiger partial charge in [-0.15, -0.1) is 0 Å². The van der Waals surface area contributed by atoms with Crippen molar-refractivity contribution in [1.82, 2.24) is 30.0 Å². The standard InChI is InChI=1S/C39H51N7O4/c1-7-48-34-32(31-24(2)10-13-30-29(31)20-40-43-30)27(25-11-12-25)19-28-33(34)41-36(49-21-26-9-8-16-44(26)6)42-35(28)45-17-14-39(15-18-45)22-46(23-39)37(47)50-38(3,4)5/h10,13,19-20,25-26H,7-9,11-12,14-18,21-23H2,1-6H3,(H,40,43)/t26-/m0/s1. The zero-order valence-electron chi connectivity index (χ0n) is 30.5. The number of carbonyl (C=O) groups excluding carboxylic acids is 1. The third-order valence-electron chi connectivity index (χ3n) is 11.2. The van der Waals surface area contributed by atoms with Gasteiger partial charge in [0.05, 0.1) is 18.3 Å². The van der Waals surface area contributed by atoms with Crippen molar-refractivity contribution < 1.29 is 19.0 Å². The van der Waals surface area contributed by atoms with Crippen LogP contribution in [-0.4, -0.2) is 101 Å². The first-order valence-corrected chi connectivity index (χ1v) is 18.5. The Morgan fingerprint density at radius 1 is 1.02 bits per heavy atom. The number of likely N-dealkylation sites (tertiary alicyclic amines) is 2. The van der Waals surface area contributed by atoms with Gasteiger partial charge in [-0.25, -0.2) is 4.79 Å². The van der Waals surface area contributed by atoms with Crippen molar-refractivity contribution in [3.05, 3.63) is 35.5 Å². The summed E-state index contributed by atoms with van der Waals surface area (Å²) in [4.78, 5) is 29.7. The Hall–Kier alpha value is -4.12. The number of rotatable bonds is 8. The van der Waals surface area contributed by atoms with Crippen LogP contribution in [0.1, 0.15) is 83.3 Å². The second-order valence-electron chi connectivity index (χ2n) is 16.1. The number of anilines is 1. The Bertz CT molecular complexity index is 1910. The van der Waals surface area contributed by atoms with Crippen LogP contribution in [0.4, 0.5) is 10.6 Å². The van der Waals surface area contributed by atoms with Gasteiger partial charge in [0.2, 0.25) is 0 Å². The number of piperidine rings is 1. The maximum absolute atomic E-state index is 12.7. The minimum Gasteiger partial charge on any atom is -0.491 e. The van der Waals surface area contributed by atoms with E-state index >= 15 is 0 Å². The van der Waals surface area contributed by atoms with Crippen LogP contribution in [0.2, 0.25) is 0 Å². The van der Waals surface area contributed by atoms with Gasteiger partial charge in [-0.3, -0.25) is 5.10 Å². The summed E-state index contributed by atoms with van der Waals surface area (Å²) in [5.41, 5.74) is 6.17. The Morgan fingerprint density at radius 2 is 1.80 bits per heavy atom. The van der Waals surface area contributed by atoms with Crippen molar-refractivity contribution in [1.29, 1.82) is 0 Å². The summed E-state index contributed by atoms with van der Waals surface area (Å²) in [6.07, 6.45) is 8.27. The van der Waals surface area contributed by atoms with Gasteiger partial charge in [0.1, 0.15) is 23.5 Å². The fourth-order valence-corrected chi connectivity index (χ4v) is 8.33. The number of likely N-dealkylation sites (N-methyl/N-ethyl adjacent to an activating group) is 1. The molecule has 11 heteroatoms. The van der Waals surface area contributed by atoms with Gasteiger partial charge >= 0.3 is 12.1 Å². The molecule has 266 valence electrons. The smallest absolute Gasteiger partial charge is 0.410 e. The van der Waals surface area contributed by atoms with Crippen molar-refractivity contribution in [2.75, 3.05) is 57.9 Å². The van der Waals surface area contributed by atoms with Crippen LogP contribution < -0.4 is 14.4 Å². The minimum absolute atomic E-state index is 0.117. The molecule has 5 heterocycles. The predicted octanol–water partition coefficient (Wildman–Crippen LogP) is 7.07. The molecule has 1 N–H and O–H groups in total. The molecule has 0 unspecified atom stereocenters. The average Bonchev–Trinajstić information content (AvgIpc) is 3.66. The van der Waals surface area contributed by atoms with Crippen LogP contribution in [0.3, 0.4) is 0 Å². The molecule has 1 amide bonds. The molecule has 2 aromatic carbocycles. The van der Waals surface area contributed by atoms with E-state index in [0.29, 0.717) is 31.2 Å². The molecule has 8 rings (SSSR count). The summed E-state index contributed by atoms with van der Waals surface area (Å²) in [6.45, 7) is 15.3. The van der Waals surface area contributed by atoms with Gasteiger partial charge in [0, 0.05) is 54.0 Å². The van der Waals surface area contributed by atoms with Crippen molar-refractivity contribution in [3.8, 4) is 22.9 Å². The van der Waals surface area contributed by atoms with Crippen LogP contribution in [0.25, 0.3) is 32.9 Å². The maximum Gasteiger partial charge on any atom is 0.410 e. The zero-order chi connectivity index (χ0) is 34.8. The molecular weight excluding hydrogens is 630 g/mol. The number of nitrogens with one attached hydrogen (secondary N) is 1. The number of carbonyl (C=O) groups is 1. The molecule has 0 radical (unpaired) electrons. The first-order chi connectivity index (χ1) is 24.0. The highest BCUT2D eigenvalue weighted by Gasteiger charge is 2.48. The molecule has 1 aliphatic carbocycles. The summed E-state index contributed by atoms with van der Waals surface area (Å²) in [5.74, 6) is 2.17. The number of amides is 1. The van der Waals surface area contributed by atoms with Crippen molar-refractivity contribution in [2.24, 2.45) is 5.41 Å². The van der Waals surface area contributed by atoms with Gasteiger partial charge in [0.15, 0.2) is 5.75 Å². The first kappa shape index (κ1) is 33.0. The normalized spacial score (nSPS) is 20.9. The lowest BCUT2D eigenvalue weighted by Gasteiger charge is -2.53. The van der Waals surface area contributed by atoms with E-state index in [1.807, 2.05) is 38.8 Å². The van der Waals surface area contributed by atoms with Gasteiger partial charge in [-0.05, 0) is 121 Å². The Morgan fingerprint density at radius 3 is 2.48 bits per heavy atom. The van der Waals surface area contributed by atoms with Crippen LogP contribution in [0, 0.1) is 12.3 Å². The average molecular weight is 682 g/mol. The Kier molecular flexibility index (Phi) is 8.32. The monoisotopic (exact) mass is 681 g/mol. The fraction of sp³-hybridized carbons (Fsp3) is 0.590. The fourth-order valence-electron chi connectivity index (χ4n) is 8.33. The van der Waals surface area contributed by atoms with Gasteiger partial charge in [0.25, 0.3) is 0 Å². The van der Waals surface area contributed by atoms with E-state index in [9.17, 15) is 4.79 Å². The SMILES string of the molecule is CCOc1c(-c2c(C)ccc3[nH]ncc23)c(C2CC2)cc2c(N3CCC4(CC3)CN(C(=O)OC(C)(C)C)C4)nc(OC[C@@H]3CCCN3C)nc12. The van der Waals surface area contributed by atoms with E-state index in [4.69, 9.17) is 24.2 Å². The number of aryl methyl sites for hydroxylation is 1. The highest BCUT2D eigenvalue weighted by Crippen LogP contribution is 2.53. The van der Waals surface area contributed by atoms with Crippen LogP contribution in [-0.2, 0) is 4.74 Å². The Labute approximate surface area is 294 Å². The third-order valence-corrected chi connectivity index (χ3v) is 11.2. The second-order valence-corrected chi connectivity index (χ2v) is 16.1. The topological polar surface area (TPSA) is 109 Å². The number of hydrogen-bond acceptors (Lipinski definition) is 9. The molecule has 3 aliphatic heterocycles. The zero-order valence-corrected chi connectivity index (χ0v) is 30.5. The van der Waals surface area contributed by atoms with E-state index < -0.39 is 5.60 Å². The predicted molar refractivity (Wildman–Crippen MR) is 195 cm³/mol. The van der Waals surface area contributed by atoms with Crippen LogP contribution in [0.5, 0.6) is 11.8 Å². The van der Waals surface area contributed by atoms with E-state index in [-0.39, 0.29) is 11.5 Å².